The SMILES string of the molecule is CCO[N+](=O)C1CCC2CN1C(=O)N2OCc1ccccc1. The number of carbonyl (C=O) groups excluding carboxylic acids is 1. The van der Waals surface area contributed by atoms with Gasteiger partial charge >= 0.3 is 12.2 Å². The smallest absolute Gasteiger partial charge is 0.264 e. The molecular formula is C15H20N3O4+. The summed E-state index contributed by atoms with van der Waals surface area (Å²) in [4.78, 5) is 37.0. The Morgan fingerprint density at radius 1 is 1.27 bits per heavy atom. The Bertz CT molecular complexity index is 551. The molecule has 1 aromatic carbocycles. The highest BCUT2D eigenvalue weighted by Gasteiger charge is 2.52. The number of urea groups is 1. The second-order valence-corrected chi connectivity index (χ2v) is 5.43. The van der Waals surface area contributed by atoms with Gasteiger partial charge in [0.15, 0.2) is 6.61 Å². The molecule has 0 spiro atoms. The van der Waals surface area contributed by atoms with Crippen molar-refractivity contribution in [2.75, 3.05) is 13.2 Å². The maximum Gasteiger partial charge on any atom is 0.349 e. The predicted octanol–water partition coefficient (Wildman–Crippen LogP) is 2.07. The first-order valence-electron chi connectivity index (χ1n) is 7.56. The van der Waals surface area contributed by atoms with Gasteiger partial charge in [0.1, 0.15) is 6.61 Å². The molecule has 2 unspecified atom stereocenters. The van der Waals surface area contributed by atoms with E-state index in [4.69, 9.17) is 9.68 Å². The van der Waals surface area contributed by atoms with Gasteiger partial charge < -0.3 is 0 Å². The van der Waals surface area contributed by atoms with Crippen LogP contribution >= 0.6 is 0 Å². The predicted molar refractivity (Wildman–Crippen MR) is 77.2 cm³/mol. The molecule has 1 aromatic rings. The Balaban J connectivity index is 1.64. The Morgan fingerprint density at radius 2 is 2.05 bits per heavy atom. The molecule has 0 aromatic heterocycles. The number of hydrogen-bond donors (Lipinski definition) is 0. The zero-order valence-electron chi connectivity index (χ0n) is 12.6. The molecule has 0 radical (unpaired) electrons. The summed E-state index contributed by atoms with van der Waals surface area (Å²) in [7, 11) is 0. The van der Waals surface area contributed by atoms with E-state index in [0.29, 0.717) is 31.1 Å². The molecule has 2 saturated heterocycles. The molecule has 3 rings (SSSR count). The van der Waals surface area contributed by atoms with Gasteiger partial charge in [0.05, 0.1) is 17.5 Å². The summed E-state index contributed by atoms with van der Waals surface area (Å²) in [5.74, 6) is 0. The highest BCUT2D eigenvalue weighted by atomic mass is 16.8. The fraction of sp³-hybridized carbons (Fsp3) is 0.533. The summed E-state index contributed by atoms with van der Waals surface area (Å²) < 4.78 is 0. The summed E-state index contributed by atoms with van der Waals surface area (Å²) in [5, 5.41) is 1.41. The standard InChI is InChI=1S/C15H20N3O4/c1-2-21-18(20)14-9-8-13-10-16(14)15(19)17(13)22-11-12-6-4-3-5-7-12/h3-7,13-14H,2,8-11H2,1H3/q+1. The van der Waals surface area contributed by atoms with Crippen molar-refractivity contribution in [2.24, 2.45) is 0 Å². The second-order valence-electron chi connectivity index (χ2n) is 5.43. The quantitative estimate of drug-likeness (QED) is 0.755. The van der Waals surface area contributed by atoms with Crippen molar-refractivity contribution < 1.29 is 19.4 Å². The van der Waals surface area contributed by atoms with Crippen LogP contribution in [-0.2, 0) is 16.3 Å². The van der Waals surface area contributed by atoms with Gasteiger partial charge in [-0.1, -0.05) is 30.3 Å². The van der Waals surface area contributed by atoms with Crippen LogP contribution in [0.3, 0.4) is 0 Å². The number of fused-ring (bicyclic) bond motifs is 2. The molecule has 2 amide bonds. The molecule has 2 heterocycles. The lowest BCUT2D eigenvalue weighted by Gasteiger charge is -2.22. The van der Waals surface area contributed by atoms with Crippen molar-refractivity contribution in [1.82, 2.24) is 9.96 Å². The lowest BCUT2D eigenvalue weighted by atomic mass is 10.1. The van der Waals surface area contributed by atoms with Gasteiger partial charge in [-0.25, -0.2) is 9.63 Å². The van der Waals surface area contributed by atoms with Gasteiger partial charge in [0.2, 0.25) is 4.92 Å². The van der Waals surface area contributed by atoms with Crippen molar-refractivity contribution in [1.29, 1.82) is 0 Å². The summed E-state index contributed by atoms with van der Waals surface area (Å²) in [6.45, 7) is 2.88. The number of hydrogen-bond acceptors (Lipinski definition) is 4. The van der Waals surface area contributed by atoms with Crippen molar-refractivity contribution in [3.63, 3.8) is 0 Å². The van der Waals surface area contributed by atoms with Crippen molar-refractivity contribution >= 4 is 6.03 Å². The molecule has 0 aliphatic carbocycles. The molecule has 0 saturated carbocycles. The highest BCUT2D eigenvalue weighted by molar-refractivity contribution is 5.76. The average Bonchev–Trinajstić information content (AvgIpc) is 2.78. The third kappa shape index (κ3) is 2.76. The molecule has 2 bridgehead atoms. The van der Waals surface area contributed by atoms with Crippen LogP contribution < -0.4 is 0 Å². The van der Waals surface area contributed by atoms with Gasteiger partial charge in [-0.15, -0.1) is 0 Å². The van der Waals surface area contributed by atoms with Crippen LogP contribution in [0.2, 0.25) is 0 Å². The lowest BCUT2D eigenvalue weighted by molar-refractivity contribution is -0.837. The zero-order valence-corrected chi connectivity index (χ0v) is 12.6. The average molecular weight is 306 g/mol. The van der Waals surface area contributed by atoms with E-state index in [1.54, 1.807) is 6.92 Å². The largest absolute Gasteiger partial charge is 0.349 e. The summed E-state index contributed by atoms with van der Waals surface area (Å²) >= 11 is 0. The van der Waals surface area contributed by atoms with Crippen LogP contribution in [0.15, 0.2) is 30.3 Å². The van der Waals surface area contributed by atoms with E-state index >= 15 is 0 Å². The fourth-order valence-electron chi connectivity index (χ4n) is 2.93. The van der Waals surface area contributed by atoms with Gasteiger partial charge in [0.25, 0.3) is 0 Å². The number of nitrogens with zero attached hydrogens (tertiary/aromatic N) is 3. The Labute approximate surface area is 128 Å². The van der Waals surface area contributed by atoms with Crippen LogP contribution in [0.4, 0.5) is 4.79 Å². The maximum atomic E-state index is 12.4. The Hall–Kier alpha value is -2.15. The second kappa shape index (κ2) is 6.31. The van der Waals surface area contributed by atoms with Crippen LogP contribution in [-0.4, -0.2) is 46.3 Å². The molecule has 22 heavy (non-hydrogen) atoms. The van der Waals surface area contributed by atoms with Crippen LogP contribution in [0, 0.1) is 4.91 Å². The van der Waals surface area contributed by atoms with Gasteiger partial charge in [-0.2, -0.15) is 5.06 Å². The summed E-state index contributed by atoms with van der Waals surface area (Å²) in [6.07, 6.45) is 0.757. The van der Waals surface area contributed by atoms with Gasteiger partial charge in [0, 0.05) is 6.42 Å². The lowest BCUT2D eigenvalue weighted by Crippen LogP contribution is -2.46. The zero-order chi connectivity index (χ0) is 15.5. The van der Waals surface area contributed by atoms with E-state index in [2.05, 4.69) is 0 Å². The topological polar surface area (TPSA) is 62.1 Å². The van der Waals surface area contributed by atoms with Crippen LogP contribution in [0.5, 0.6) is 0 Å². The van der Waals surface area contributed by atoms with E-state index in [-0.39, 0.29) is 12.1 Å². The van der Waals surface area contributed by atoms with Crippen molar-refractivity contribution in [3.8, 4) is 0 Å². The van der Waals surface area contributed by atoms with Gasteiger partial charge in [-0.05, 0) is 18.9 Å². The summed E-state index contributed by atoms with van der Waals surface area (Å²) in [5.41, 5.74) is 1.00. The molecule has 2 atom stereocenters. The van der Waals surface area contributed by atoms with Gasteiger partial charge in [-0.3, -0.25) is 9.74 Å². The first-order valence-corrected chi connectivity index (χ1v) is 7.56. The number of amides is 2. The third-order valence-electron chi connectivity index (χ3n) is 4.00. The number of piperidine rings is 1. The molecule has 2 aliphatic rings. The third-order valence-corrected chi connectivity index (χ3v) is 4.00. The molecule has 7 heteroatoms. The molecule has 7 nitrogen and oxygen atoms in total. The monoisotopic (exact) mass is 306 g/mol. The van der Waals surface area contributed by atoms with Crippen LogP contribution in [0.25, 0.3) is 0 Å². The van der Waals surface area contributed by atoms with E-state index in [1.165, 1.54) is 9.96 Å². The molecule has 0 N–H and O–H groups in total. The van der Waals surface area contributed by atoms with Crippen LogP contribution in [0.1, 0.15) is 25.3 Å². The molecular weight excluding hydrogens is 286 g/mol. The minimum atomic E-state index is -0.561. The summed E-state index contributed by atoms with van der Waals surface area (Å²) in [6, 6.07) is 9.43. The number of carbonyl (C=O) groups is 1. The first-order chi connectivity index (χ1) is 10.7. The number of hydroxylamine groups is 2. The van der Waals surface area contributed by atoms with Crippen molar-refractivity contribution in [2.45, 2.75) is 38.6 Å². The number of benzene rings is 1. The minimum Gasteiger partial charge on any atom is -0.264 e. The normalized spacial score (nSPS) is 23.8. The first kappa shape index (κ1) is 14.8. The Kier molecular flexibility index (Phi) is 4.24. The molecule has 118 valence electrons. The fourth-order valence-corrected chi connectivity index (χ4v) is 2.93. The molecule has 2 aliphatic heterocycles. The van der Waals surface area contributed by atoms with E-state index in [0.717, 1.165) is 12.0 Å². The van der Waals surface area contributed by atoms with E-state index in [1.807, 2.05) is 30.3 Å². The molecule has 2 fully saturated rings. The van der Waals surface area contributed by atoms with E-state index in [9.17, 15) is 9.70 Å². The Morgan fingerprint density at radius 3 is 2.77 bits per heavy atom. The highest BCUT2D eigenvalue weighted by Crippen LogP contribution is 2.30. The maximum absolute atomic E-state index is 12.4. The minimum absolute atomic E-state index is 0.00230. The van der Waals surface area contributed by atoms with E-state index < -0.39 is 6.17 Å². The van der Waals surface area contributed by atoms with Crippen molar-refractivity contribution in [3.05, 3.63) is 40.8 Å². The number of rotatable bonds is 6.